The van der Waals surface area contributed by atoms with Crippen LogP contribution < -0.4 is 4.74 Å². The van der Waals surface area contributed by atoms with Gasteiger partial charge < -0.3 is 4.74 Å². The van der Waals surface area contributed by atoms with Gasteiger partial charge in [-0.15, -0.1) is 12.1 Å². The normalized spacial score (nSPS) is 16.9. The molecule has 0 aliphatic heterocycles. The minimum Gasteiger partial charge on any atom is -0.516 e. The van der Waals surface area contributed by atoms with E-state index in [-0.39, 0.29) is 0 Å². The Morgan fingerprint density at radius 3 is 2.38 bits per heavy atom. The molecule has 16 heavy (non-hydrogen) atoms. The molecule has 0 amide bonds. The van der Waals surface area contributed by atoms with Gasteiger partial charge in [0.15, 0.2) is 0 Å². The molecule has 3 heteroatoms. The molecule has 1 nitrogen and oxygen atoms in total. The zero-order valence-electron chi connectivity index (χ0n) is 9.62. The van der Waals surface area contributed by atoms with Crippen LogP contribution in [0.5, 0.6) is 5.75 Å². The molecule has 84 valence electrons. The van der Waals surface area contributed by atoms with E-state index in [1.807, 2.05) is 24.3 Å². The summed E-state index contributed by atoms with van der Waals surface area (Å²) in [5.41, 5.74) is 0. The first-order valence-electron chi connectivity index (χ1n) is 5.85. The van der Waals surface area contributed by atoms with Crippen LogP contribution >= 0.6 is 13.6 Å². The van der Waals surface area contributed by atoms with E-state index >= 15 is 0 Å². The third-order valence-electron chi connectivity index (χ3n) is 2.78. The third-order valence-corrected chi connectivity index (χ3v) is 2.78. The van der Waals surface area contributed by atoms with Gasteiger partial charge in [0, 0.05) is 5.75 Å². The smallest absolute Gasteiger partial charge is 0.0955 e. The van der Waals surface area contributed by atoms with Gasteiger partial charge in [-0.25, -0.2) is 0 Å². The average molecular weight is 335 g/mol. The molecule has 0 heterocycles. The number of ether oxygens (including phenoxy) is 1. The minimum atomic E-state index is 0.427. The summed E-state index contributed by atoms with van der Waals surface area (Å²) in [6, 6.07) is 11.0. The quantitative estimate of drug-likeness (QED) is 0.442. The molecule has 0 aromatic heterocycles. The Hall–Kier alpha value is 0.123. The number of halogens is 1. The fourth-order valence-electron chi connectivity index (χ4n) is 1.99. The topological polar surface area (TPSA) is 9.23 Å². The Morgan fingerprint density at radius 1 is 1.12 bits per heavy atom. The molecular weight excluding hydrogens is 317 g/mol. The van der Waals surface area contributed by atoms with Crippen molar-refractivity contribution in [3.63, 3.8) is 0 Å². The summed E-state index contributed by atoms with van der Waals surface area (Å²) in [5.74, 6) is 0.902. The standard InChI is InChI=1S/C13H17O.BrH.Zn/c1-2-5-9-12(8-4-1)14-13-10-6-3-7-11-13;;/h3,6-7,10,12H,1-2,4-5,8-9H2;1H;/q-1;;+2/p-1. The van der Waals surface area contributed by atoms with Gasteiger partial charge in [-0.2, -0.15) is 18.2 Å². The maximum absolute atomic E-state index is 5.88. The minimum absolute atomic E-state index is 0.427. The Kier molecular flexibility index (Phi) is 8.14. The van der Waals surface area contributed by atoms with Crippen molar-refractivity contribution in [3.05, 3.63) is 30.3 Å². The van der Waals surface area contributed by atoms with Crippen LogP contribution in [0.1, 0.15) is 38.5 Å². The molecule has 0 N–H and O–H groups in total. The summed E-state index contributed by atoms with van der Waals surface area (Å²) in [5, 5.41) is 0. The second kappa shape index (κ2) is 9.18. The third kappa shape index (κ3) is 5.45. The van der Waals surface area contributed by atoms with E-state index in [1.54, 1.807) is 0 Å². The molecule has 1 fully saturated rings. The van der Waals surface area contributed by atoms with Crippen molar-refractivity contribution >= 4 is 13.6 Å². The zero-order chi connectivity index (χ0) is 11.6. The molecule has 0 atom stereocenters. The van der Waals surface area contributed by atoms with Crippen molar-refractivity contribution in [2.24, 2.45) is 0 Å². The van der Waals surface area contributed by atoms with Crippen molar-refractivity contribution in [2.45, 2.75) is 44.6 Å². The van der Waals surface area contributed by atoms with E-state index < -0.39 is 0 Å². The first-order chi connectivity index (χ1) is 7.95. The molecule has 1 saturated carbocycles. The second-order valence-corrected chi connectivity index (χ2v) is 3.96. The Bertz CT molecular complexity index is 258. The van der Waals surface area contributed by atoms with Gasteiger partial charge in [0.2, 0.25) is 0 Å². The Morgan fingerprint density at radius 2 is 1.81 bits per heavy atom. The molecule has 1 aromatic carbocycles. The van der Waals surface area contributed by atoms with Crippen molar-refractivity contribution in [1.82, 2.24) is 0 Å². The molecule has 0 unspecified atom stereocenters. The first kappa shape index (κ1) is 14.2. The van der Waals surface area contributed by atoms with Crippen molar-refractivity contribution in [3.8, 4) is 5.75 Å². The number of rotatable bonds is 2. The van der Waals surface area contributed by atoms with Crippen LogP contribution in [0.2, 0.25) is 0 Å². The summed E-state index contributed by atoms with van der Waals surface area (Å²) in [7, 11) is 0. The van der Waals surface area contributed by atoms with Gasteiger partial charge in [-0.3, -0.25) is 0 Å². The van der Waals surface area contributed by atoms with E-state index in [9.17, 15) is 0 Å². The maximum atomic E-state index is 5.88. The first-order valence-corrected chi connectivity index (χ1v) is 12.8. The monoisotopic (exact) mass is 332 g/mol. The van der Waals surface area contributed by atoms with Crippen LogP contribution in [-0.4, -0.2) is 6.10 Å². The average Bonchev–Trinajstić information content (AvgIpc) is 2.62. The van der Waals surface area contributed by atoms with E-state index in [0.717, 1.165) is 5.75 Å². The summed E-state index contributed by atoms with van der Waals surface area (Å²) in [6.07, 6.45) is 8.23. The van der Waals surface area contributed by atoms with E-state index in [1.165, 1.54) is 54.9 Å². The Balaban J connectivity index is 0.000000606. The molecule has 1 aromatic rings. The van der Waals surface area contributed by atoms with Gasteiger partial charge in [-0.1, -0.05) is 12.8 Å². The molecular formula is C13H17BrOZn. The van der Waals surface area contributed by atoms with E-state index in [4.69, 9.17) is 4.74 Å². The van der Waals surface area contributed by atoms with E-state index in [0.29, 0.717) is 6.10 Å². The van der Waals surface area contributed by atoms with Crippen LogP contribution in [0.25, 0.3) is 0 Å². The molecule has 1 aliphatic rings. The van der Waals surface area contributed by atoms with Crippen LogP contribution in [0.15, 0.2) is 24.3 Å². The molecule has 2 rings (SSSR count). The SMILES string of the molecule is [Zn+][Br].[c-]1ccccc1OC1CCCCCC1. The van der Waals surface area contributed by atoms with Crippen LogP contribution in [0, 0.1) is 6.07 Å². The number of hydrogen-bond acceptors (Lipinski definition) is 1. The van der Waals surface area contributed by atoms with Gasteiger partial charge in [0.25, 0.3) is 0 Å². The summed E-state index contributed by atoms with van der Waals surface area (Å²) >= 11 is 4.25. The molecule has 0 spiro atoms. The Labute approximate surface area is 115 Å². The van der Waals surface area contributed by atoms with Gasteiger partial charge in [0.05, 0.1) is 6.10 Å². The van der Waals surface area contributed by atoms with Crippen LogP contribution in [-0.2, 0) is 16.3 Å². The predicted molar refractivity (Wildman–Crippen MR) is 66.3 cm³/mol. The maximum Gasteiger partial charge on any atom is 0.0955 e. The van der Waals surface area contributed by atoms with Crippen molar-refractivity contribution in [1.29, 1.82) is 0 Å². The zero-order valence-corrected chi connectivity index (χ0v) is 14.2. The number of benzene rings is 1. The molecule has 1 aliphatic carbocycles. The number of para-hydroxylation sites is 1. The second-order valence-electron chi connectivity index (χ2n) is 3.96. The largest absolute Gasteiger partial charge is 0.516 e. The summed E-state index contributed by atoms with van der Waals surface area (Å²) < 4.78 is 5.88. The summed E-state index contributed by atoms with van der Waals surface area (Å²) in [6.45, 7) is 0. The van der Waals surface area contributed by atoms with E-state index in [2.05, 4.69) is 19.7 Å². The van der Waals surface area contributed by atoms with Gasteiger partial charge in [0.1, 0.15) is 0 Å². The van der Waals surface area contributed by atoms with Crippen molar-refractivity contribution in [2.75, 3.05) is 0 Å². The predicted octanol–water partition coefficient (Wildman–Crippen LogP) is 4.43. The van der Waals surface area contributed by atoms with Crippen LogP contribution in [0.4, 0.5) is 0 Å². The fraction of sp³-hybridized carbons (Fsp3) is 0.538. The summed E-state index contributed by atoms with van der Waals surface area (Å²) in [4.78, 5) is 0. The molecule has 0 bridgehead atoms. The van der Waals surface area contributed by atoms with Crippen LogP contribution in [0.3, 0.4) is 0 Å². The van der Waals surface area contributed by atoms with Crippen molar-refractivity contribution < 1.29 is 21.1 Å². The van der Waals surface area contributed by atoms with Gasteiger partial charge >= 0.3 is 30.0 Å². The molecule has 0 saturated heterocycles. The fourth-order valence-corrected chi connectivity index (χ4v) is 1.99. The number of hydrogen-bond donors (Lipinski definition) is 0. The van der Waals surface area contributed by atoms with Gasteiger partial charge in [-0.05, 0) is 25.7 Å². The molecule has 0 radical (unpaired) electrons.